The van der Waals surface area contributed by atoms with Gasteiger partial charge in [-0.1, -0.05) is 43.9 Å². The number of amides is 2. The second-order valence-corrected chi connectivity index (χ2v) is 8.89. The van der Waals surface area contributed by atoms with Crippen LogP contribution in [0.3, 0.4) is 0 Å². The van der Waals surface area contributed by atoms with Crippen LogP contribution in [0.4, 0.5) is 5.69 Å². The Morgan fingerprint density at radius 2 is 1.69 bits per heavy atom. The number of aryl methyl sites for hydroxylation is 3. The SMILES string of the molecule is CCCCCCN(CCN1CCOCC1)CC(=O)NCC(=O)Nc1c(C)cc(C)cc1C. The average Bonchev–Trinajstić information content (AvgIpc) is 2.76. The summed E-state index contributed by atoms with van der Waals surface area (Å²) in [6.45, 7) is 14.7. The number of benzene rings is 1. The molecule has 2 N–H and O–H groups in total. The van der Waals surface area contributed by atoms with Crippen LogP contribution in [0.2, 0.25) is 0 Å². The van der Waals surface area contributed by atoms with E-state index >= 15 is 0 Å². The molecule has 0 atom stereocenters. The summed E-state index contributed by atoms with van der Waals surface area (Å²) in [5.41, 5.74) is 4.06. The molecule has 1 fully saturated rings. The van der Waals surface area contributed by atoms with Crippen LogP contribution >= 0.6 is 0 Å². The number of hydrogen-bond acceptors (Lipinski definition) is 5. The number of rotatable bonds is 13. The van der Waals surface area contributed by atoms with Crippen LogP contribution in [0.1, 0.15) is 49.3 Å². The van der Waals surface area contributed by atoms with E-state index in [1.54, 1.807) is 0 Å². The predicted octanol–water partition coefficient (Wildman–Crippen LogP) is 2.88. The topological polar surface area (TPSA) is 73.9 Å². The predicted molar refractivity (Wildman–Crippen MR) is 130 cm³/mol. The summed E-state index contributed by atoms with van der Waals surface area (Å²) < 4.78 is 5.42. The summed E-state index contributed by atoms with van der Waals surface area (Å²) in [7, 11) is 0. The van der Waals surface area contributed by atoms with Crippen LogP contribution in [0.15, 0.2) is 12.1 Å². The van der Waals surface area contributed by atoms with Gasteiger partial charge in [-0.05, 0) is 44.9 Å². The fraction of sp³-hybridized carbons (Fsp3) is 0.680. The first-order valence-corrected chi connectivity index (χ1v) is 12.1. The molecule has 0 aliphatic carbocycles. The maximum Gasteiger partial charge on any atom is 0.243 e. The van der Waals surface area contributed by atoms with E-state index in [4.69, 9.17) is 4.74 Å². The van der Waals surface area contributed by atoms with Gasteiger partial charge in [-0.3, -0.25) is 19.4 Å². The number of hydrogen-bond donors (Lipinski definition) is 2. The van der Waals surface area contributed by atoms with E-state index in [-0.39, 0.29) is 18.4 Å². The fourth-order valence-electron chi connectivity index (χ4n) is 4.14. The quantitative estimate of drug-likeness (QED) is 0.456. The summed E-state index contributed by atoms with van der Waals surface area (Å²) >= 11 is 0. The Labute approximate surface area is 193 Å². The van der Waals surface area contributed by atoms with E-state index in [1.807, 2.05) is 32.9 Å². The largest absolute Gasteiger partial charge is 0.379 e. The molecule has 1 aromatic rings. The lowest BCUT2D eigenvalue weighted by atomic mass is 10.1. The summed E-state index contributed by atoms with van der Waals surface area (Å²) in [5, 5.41) is 5.74. The van der Waals surface area contributed by atoms with Gasteiger partial charge in [-0.2, -0.15) is 0 Å². The molecule has 7 nitrogen and oxygen atoms in total. The van der Waals surface area contributed by atoms with Gasteiger partial charge in [-0.15, -0.1) is 0 Å². The number of morpholine rings is 1. The van der Waals surface area contributed by atoms with Crippen molar-refractivity contribution in [2.24, 2.45) is 0 Å². The minimum atomic E-state index is -0.198. The first-order chi connectivity index (χ1) is 15.4. The van der Waals surface area contributed by atoms with Gasteiger partial charge < -0.3 is 15.4 Å². The molecule has 0 radical (unpaired) electrons. The van der Waals surface area contributed by atoms with Crippen LogP contribution in [-0.4, -0.2) is 80.6 Å². The number of nitrogens with zero attached hydrogens (tertiary/aromatic N) is 2. The second kappa shape index (κ2) is 14.2. The molecule has 1 aromatic carbocycles. The van der Waals surface area contributed by atoms with Crippen molar-refractivity contribution in [3.8, 4) is 0 Å². The smallest absolute Gasteiger partial charge is 0.243 e. The Morgan fingerprint density at radius 1 is 1.00 bits per heavy atom. The minimum Gasteiger partial charge on any atom is -0.379 e. The van der Waals surface area contributed by atoms with Gasteiger partial charge in [0.15, 0.2) is 0 Å². The van der Waals surface area contributed by atoms with Gasteiger partial charge >= 0.3 is 0 Å². The first kappa shape index (κ1) is 26.3. The van der Waals surface area contributed by atoms with E-state index in [0.29, 0.717) is 6.54 Å². The van der Waals surface area contributed by atoms with Crippen molar-refractivity contribution in [1.29, 1.82) is 0 Å². The summed E-state index contributed by atoms with van der Waals surface area (Å²) in [4.78, 5) is 29.6. The van der Waals surface area contributed by atoms with Crippen LogP contribution in [-0.2, 0) is 14.3 Å². The lowest BCUT2D eigenvalue weighted by molar-refractivity contribution is -0.125. The Kier molecular flexibility index (Phi) is 11.7. The lowest BCUT2D eigenvalue weighted by Gasteiger charge is -2.29. The van der Waals surface area contributed by atoms with E-state index in [1.165, 1.54) is 24.8 Å². The molecule has 1 aliphatic heterocycles. The van der Waals surface area contributed by atoms with Crippen LogP contribution in [0.5, 0.6) is 0 Å². The number of nitrogens with one attached hydrogen (secondary N) is 2. The summed E-state index contributed by atoms with van der Waals surface area (Å²) in [5.74, 6) is -0.300. The molecule has 180 valence electrons. The maximum absolute atomic E-state index is 12.6. The van der Waals surface area contributed by atoms with Crippen molar-refractivity contribution >= 4 is 17.5 Å². The molecule has 2 rings (SSSR count). The molecule has 7 heteroatoms. The number of unbranched alkanes of at least 4 members (excludes halogenated alkanes) is 3. The Bertz CT molecular complexity index is 709. The molecule has 1 saturated heterocycles. The Morgan fingerprint density at radius 3 is 2.34 bits per heavy atom. The fourth-order valence-corrected chi connectivity index (χ4v) is 4.14. The molecule has 32 heavy (non-hydrogen) atoms. The van der Waals surface area contributed by atoms with Gasteiger partial charge in [0, 0.05) is 31.9 Å². The molecular formula is C25H42N4O3. The van der Waals surface area contributed by atoms with Gasteiger partial charge in [0.25, 0.3) is 0 Å². The monoisotopic (exact) mass is 446 g/mol. The molecule has 0 bridgehead atoms. The van der Waals surface area contributed by atoms with Crippen molar-refractivity contribution in [1.82, 2.24) is 15.1 Å². The van der Waals surface area contributed by atoms with E-state index in [9.17, 15) is 9.59 Å². The summed E-state index contributed by atoms with van der Waals surface area (Å²) in [6, 6.07) is 4.10. The van der Waals surface area contributed by atoms with Crippen molar-refractivity contribution in [3.63, 3.8) is 0 Å². The molecule has 2 amide bonds. The number of carbonyl (C=O) groups is 2. The number of anilines is 1. The highest BCUT2D eigenvalue weighted by atomic mass is 16.5. The number of ether oxygens (including phenoxy) is 1. The van der Waals surface area contributed by atoms with E-state index in [2.05, 4.69) is 27.4 Å². The van der Waals surface area contributed by atoms with E-state index in [0.717, 1.165) is 69.2 Å². The Balaban J connectivity index is 1.80. The van der Waals surface area contributed by atoms with Gasteiger partial charge in [-0.25, -0.2) is 0 Å². The van der Waals surface area contributed by atoms with Gasteiger partial charge in [0.05, 0.1) is 26.3 Å². The van der Waals surface area contributed by atoms with Crippen molar-refractivity contribution in [3.05, 3.63) is 28.8 Å². The average molecular weight is 447 g/mol. The minimum absolute atomic E-state index is 0.0152. The van der Waals surface area contributed by atoms with Crippen molar-refractivity contribution in [2.75, 3.05) is 64.3 Å². The standard InChI is InChI=1S/C25H42N4O3/c1-5-6-7-8-9-29(11-10-28-12-14-32-15-13-28)19-24(31)26-18-23(30)27-25-21(3)16-20(2)17-22(25)4/h16-17H,5-15,18-19H2,1-4H3,(H,26,31)(H,27,30). The normalized spacial score (nSPS) is 14.5. The molecule has 0 saturated carbocycles. The van der Waals surface area contributed by atoms with Gasteiger partial charge in [0.2, 0.25) is 11.8 Å². The molecule has 1 aliphatic rings. The third kappa shape index (κ3) is 9.67. The highest BCUT2D eigenvalue weighted by Crippen LogP contribution is 2.21. The third-order valence-corrected chi connectivity index (χ3v) is 5.92. The lowest BCUT2D eigenvalue weighted by Crippen LogP contribution is -2.45. The van der Waals surface area contributed by atoms with Crippen LogP contribution in [0, 0.1) is 20.8 Å². The molecule has 0 unspecified atom stereocenters. The summed E-state index contributed by atoms with van der Waals surface area (Å²) in [6.07, 6.45) is 4.70. The second-order valence-electron chi connectivity index (χ2n) is 8.89. The van der Waals surface area contributed by atoms with Crippen molar-refractivity contribution < 1.29 is 14.3 Å². The molecular weight excluding hydrogens is 404 g/mol. The zero-order chi connectivity index (χ0) is 23.3. The van der Waals surface area contributed by atoms with Crippen LogP contribution in [0.25, 0.3) is 0 Å². The van der Waals surface area contributed by atoms with Gasteiger partial charge in [0.1, 0.15) is 0 Å². The van der Waals surface area contributed by atoms with Crippen LogP contribution < -0.4 is 10.6 Å². The highest BCUT2D eigenvalue weighted by Gasteiger charge is 2.16. The zero-order valence-corrected chi connectivity index (χ0v) is 20.5. The zero-order valence-electron chi connectivity index (χ0n) is 20.5. The highest BCUT2D eigenvalue weighted by molar-refractivity contribution is 5.96. The first-order valence-electron chi connectivity index (χ1n) is 12.1. The molecule has 0 spiro atoms. The molecule has 1 heterocycles. The van der Waals surface area contributed by atoms with E-state index < -0.39 is 0 Å². The van der Waals surface area contributed by atoms with Crippen molar-refractivity contribution in [2.45, 2.75) is 53.4 Å². The maximum atomic E-state index is 12.6. The molecule has 0 aromatic heterocycles. The Hall–Kier alpha value is -1.96. The number of carbonyl (C=O) groups excluding carboxylic acids is 2. The third-order valence-electron chi connectivity index (χ3n) is 5.92.